The fraction of sp³-hybridized carbons (Fsp3) is 0.857. The van der Waals surface area contributed by atoms with E-state index in [9.17, 15) is 0 Å². The fourth-order valence-electron chi connectivity index (χ4n) is 1.41. The van der Waals surface area contributed by atoms with Gasteiger partial charge in [-0.2, -0.15) is 0 Å². The molecule has 54 valence electrons. The summed E-state index contributed by atoms with van der Waals surface area (Å²) in [5.74, 6) is 2.29. The molecule has 0 bridgehead atoms. The number of hydrogen-bond donors (Lipinski definition) is 1. The summed E-state index contributed by atoms with van der Waals surface area (Å²) in [4.78, 5) is 0. The van der Waals surface area contributed by atoms with Crippen LogP contribution >= 0.6 is 0 Å². The Bertz CT molecular complexity index is 149. The smallest absolute Gasteiger partial charge is 0.267 e. The molecule has 1 rings (SSSR count). The first-order valence-electron chi connectivity index (χ1n) is 3.82. The van der Waals surface area contributed by atoms with Crippen LogP contribution in [0.2, 0.25) is 12.6 Å². The van der Waals surface area contributed by atoms with E-state index >= 15 is 0 Å². The molecule has 1 fully saturated rings. The quantitative estimate of drug-likeness (QED) is 0.506. The van der Waals surface area contributed by atoms with Crippen molar-refractivity contribution in [3.8, 4) is 5.97 Å². The van der Waals surface area contributed by atoms with Crippen LogP contribution in [0.3, 0.4) is 0 Å². The molecule has 0 aromatic carbocycles. The number of nitriles is 1. The van der Waals surface area contributed by atoms with Crippen molar-refractivity contribution in [2.24, 2.45) is 5.73 Å². The Morgan fingerprint density at radius 2 is 2.00 bits per heavy atom. The topological polar surface area (TPSA) is 49.8 Å². The second-order valence-corrected chi connectivity index (χ2v) is 3.56. The molecule has 3 heteroatoms. The van der Waals surface area contributed by atoms with E-state index in [1.54, 1.807) is 0 Å². The highest BCUT2D eigenvalue weighted by Crippen LogP contribution is 2.25. The minimum atomic E-state index is 0.00729. The van der Waals surface area contributed by atoms with Crippen LogP contribution in [-0.2, 0) is 0 Å². The molecule has 2 nitrogen and oxygen atoms in total. The van der Waals surface area contributed by atoms with Crippen LogP contribution in [0, 0.1) is 11.2 Å². The third-order valence-corrected chi connectivity index (χ3v) is 2.31. The van der Waals surface area contributed by atoms with Crippen molar-refractivity contribution in [2.75, 3.05) is 0 Å². The predicted molar refractivity (Wildman–Crippen MR) is 42.8 cm³/mol. The molecule has 0 spiro atoms. The molecular formula is C7H13BN2. The molecule has 0 aromatic heterocycles. The van der Waals surface area contributed by atoms with Gasteiger partial charge in [0.1, 0.15) is 0 Å². The van der Waals surface area contributed by atoms with Crippen molar-refractivity contribution < 1.29 is 0 Å². The summed E-state index contributed by atoms with van der Waals surface area (Å²) in [6, 6.07) is 0. The highest BCUT2D eigenvalue weighted by molar-refractivity contribution is 6.67. The Kier molecular flexibility index (Phi) is 2.01. The van der Waals surface area contributed by atoms with Crippen LogP contribution in [-0.4, -0.2) is 12.3 Å². The maximum absolute atomic E-state index is 8.57. The van der Waals surface area contributed by atoms with E-state index in [1.165, 1.54) is 0 Å². The van der Waals surface area contributed by atoms with Gasteiger partial charge in [-0.3, -0.25) is 0 Å². The Balaban J connectivity index is 2.40. The third kappa shape index (κ3) is 1.75. The molecule has 0 atom stereocenters. The van der Waals surface area contributed by atoms with Crippen LogP contribution in [0.1, 0.15) is 19.8 Å². The molecule has 0 aliphatic carbocycles. The van der Waals surface area contributed by atoms with Gasteiger partial charge in [-0.25, -0.2) is 5.26 Å². The summed E-state index contributed by atoms with van der Waals surface area (Å²) in [5, 5.41) is 8.57. The standard InChI is InChI=1S/C7H13BN2/c1-7(10)2-4-8(6-9)5-3-7/h2-5,10H2,1H3. The van der Waals surface area contributed by atoms with Crippen LogP contribution in [0.5, 0.6) is 0 Å². The zero-order valence-corrected chi connectivity index (χ0v) is 6.43. The molecule has 10 heavy (non-hydrogen) atoms. The predicted octanol–water partition coefficient (Wildman–Crippen LogP) is 1.06. The maximum Gasteiger partial charge on any atom is 0.267 e. The molecular weight excluding hydrogens is 123 g/mol. The van der Waals surface area contributed by atoms with Gasteiger partial charge in [0.2, 0.25) is 0 Å². The van der Waals surface area contributed by atoms with Gasteiger partial charge in [0.15, 0.2) is 0 Å². The largest absolute Gasteiger partial charge is 0.325 e. The summed E-state index contributed by atoms with van der Waals surface area (Å²) in [5.41, 5.74) is 5.89. The number of rotatable bonds is 0. The van der Waals surface area contributed by atoms with E-state index in [2.05, 4.69) is 12.9 Å². The van der Waals surface area contributed by atoms with Gasteiger partial charge in [-0.1, -0.05) is 12.6 Å². The normalized spacial score (nSPS) is 23.9. The molecule has 1 aliphatic rings. The van der Waals surface area contributed by atoms with Crippen LogP contribution in [0.4, 0.5) is 0 Å². The Morgan fingerprint density at radius 3 is 2.40 bits per heavy atom. The minimum Gasteiger partial charge on any atom is -0.325 e. The van der Waals surface area contributed by atoms with Crippen molar-refractivity contribution in [2.45, 2.75) is 37.9 Å². The Labute approximate surface area is 62.5 Å². The van der Waals surface area contributed by atoms with Crippen molar-refractivity contribution >= 4 is 6.71 Å². The first kappa shape index (κ1) is 7.62. The van der Waals surface area contributed by atoms with E-state index in [0.717, 1.165) is 25.5 Å². The number of nitrogens with two attached hydrogens (primary N) is 1. The van der Waals surface area contributed by atoms with Crippen molar-refractivity contribution in [1.82, 2.24) is 0 Å². The van der Waals surface area contributed by atoms with Gasteiger partial charge in [-0.15, -0.1) is 0 Å². The van der Waals surface area contributed by atoms with E-state index in [1.807, 2.05) is 0 Å². The molecule has 0 saturated carbocycles. The Morgan fingerprint density at radius 1 is 1.50 bits per heavy atom. The molecule has 0 aromatic rings. The van der Waals surface area contributed by atoms with Gasteiger partial charge in [0.25, 0.3) is 6.71 Å². The highest BCUT2D eigenvalue weighted by Gasteiger charge is 2.29. The number of nitrogens with zero attached hydrogens (tertiary/aromatic N) is 1. The lowest BCUT2D eigenvalue weighted by Crippen LogP contribution is -2.41. The second kappa shape index (κ2) is 2.63. The van der Waals surface area contributed by atoms with E-state index in [4.69, 9.17) is 11.0 Å². The second-order valence-electron chi connectivity index (χ2n) is 3.56. The zero-order chi connectivity index (χ0) is 7.61. The summed E-state index contributed by atoms with van der Waals surface area (Å²) in [6.45, 7) is 2.34. The molecule has 2 N–H and O–H groups in total. The molecule has 0 radical (unpaired) electrons. The van der Waals surface area contributed by atoms with Crippen LogP contribution in [0.15, 0.2) is 0 Å². The van der Waals surface area contributed by atoms with Gasteiger partial charge < -0.3 is 5.73 Å². The lowest BCUT2D eigenvalue weighted by Gasteiger charge is -2.29. The average Bonchev–Trinajstić information content (AvgIpc) is 1.88. The highest BCUT2D eigenvalue weighted by atomic mass is 14.7. The average molecular weight is 136 g/mol. The molecule has 1 heterocycles. The molecule has 0 amide bonds. The maximum atomic E-state index is 8.57. The van der Waals surface area contributed by atoms with Gasteiger partial charge in [0, 0.05) is 11.5 Å². The summed E-state index contributed by atoms with van der Waals surface area (Å²) in [7, 11) is 0. The van der Waals surface area contributed by atoms with Crippen molar-refractivity contribution in [3.63, 3.8) is 0 Å². The fourth-order valence-corrected chi connectivity index (χ4v) is 1.41. The first-order chi connectivity index (χ1) is 4.64. The van der Waals surface area contributed by atoms with Gasteiger partial charge in [0.05, 0.1) is 0 Å². The SMILES string of the molecule is CC1(N)CCB(C#N)CC1. The summed E-state index contributed by atoms with van der Waals surface area (Å²) in [6.07, 6.45) is 3.99. The molecule has 1 saturated heterocycles. The van der Waals surface area contributed by atoms with E-state index in [-0.39, 0.29) is 12.3 Å². The van der Waals surface area contributed by atoms with E-state index in [0.29, 0.717) is 0 Å². The lowest BCUT2D eigenvalue weighted by atomic mass is 9.41. The van der Waals surface area contributed by atoms with Crippen molar-refractivity contribution in [3.05, 3.63) is 0 Å². The van der Waals surface area contributed by atoms with Crippen molar-refractivity contribution in [1.29, 1.82) is 5.26 Å². The number of hydrogen-bond acceptors (Lipinski definition) is 2. The Hall–Kier alpha value is -0.485. The monoisotopic (exact) mass is 136 g/mol. The lowest BCUT2D eigenvalue weighted by molar-refractivity contribution is 0.420. The van der Waals surface area contributed by atoms with Crippen LogP contribution < -0.4 is 5.73 Å². The van der Waals surface area contributed by atoms with Crippen LogP contribution in [0.25, 0.3) is 0 Å². The summed E-state index contributed by atoms with van der Waals surface area (Å²) < 4.78 is 0. The minimum absolute atomic E-state index is 0.00729. The van der Waals surface area contributed by atoms with E-state index < -0.39 is 0 Å². The van der Waals surface area contributed by atoms with Gasteiger partial charge >= 0.3 is 0 Å². The van der Waals surface area contributed by atoms with Gasteiger partial charge in [-0.05, 0) is 19.8 Å². The molecule has 1 aliphatic heterocycles. The zero-order valence-electron chi connectivity index (χ0n) is 6.43. The summed E-state index contributed by atoms with van der Waals surface area (Å²) >= 11 is 0. The molecule has 0 unspecified atom stereocenters. The third-order valence-electron chi connectivity index (χ3n) is 2.31. The first-order valence-corrected chi connectivity index (χ1v) is 3.82.